The van der Waals surface area contributed by atoms with Crippen molar-refractivity contribution >= 4 is 5.91 Å². The first-order chi connectivity index (χ1) is 6.44. The van der Waals surface area contributed by atoms with Gasteiger partial charge in [0.15, 0.2) is 0 Å². The molecule has 0 bridgehead atoms. The van der Waals surface area contributed by atoms with Crippen LogP contribution >= 0.6 is 0 Å². The fourth-order valence-corrected chi connectivity index (χ4v) is 3.41. The maximum Gasteiger partial charge on any atom is 0.222 e. The van der Waals surface area contributed by atoms with E-state index in [4.69, 9.17) is 0 Å². The molecule has 1 spiro atoms. The first-order valence-electron chi connectivity index (χ1n) is 5.75. The van der Waals surface area contributed by atoms with E-state index in [9.17, 15) is 4.79 Å². The molecule has 2 heteroatoms. The van der Waals surface area contributed by atoms with Gasteiger partial charge in [-0.15, -0.1) is 0 Å². The highest BCUT2D eigenvalue weighted by Gasteiger charge is 2.53. The van der Waals surface area contributed by atoms with Gasteiger partial charge in [-0.1, -0.05) is 33.6 Å². The normalized spacial score (nSPS) is 37.9. The second-order valence-corrected chi connectivity index (χ2v) is 6.05. The lowest BCUT2D eigenvalue weighted by atomic mass is 9.58. The van der Waals surface area contributed by atoms with Crippen LogP contribution in [-0.2, 0) is 4.79 Å². The minimum Gasteiger partial charge on any atom is -0.350 e. The highest BCUT2D eigenvalue weighted by Crippen LogP contribution is 2.48. The van der Waals surface area contributed by atoms with Crippen molar-refractivity contribution in [2.75, 3.05) is 0 Å². The molecule has 2 unspecified atom stereocenters. The molecular formula is C12H21NO. The average molecular weight is 195 g/mol. The predicted molar refractivity (Wildman–Crippen MR) is 56.9 cm³/mol. The molecule has 1 heterocycles. The molecule has 1 saturated carbocycles. The number of amides is 1. The van der Waals surface area contributed by atoms with E-state index in [0.29, 0.717) is 11.3 Å². The zero-order chi connectivity index (χ0) is 10.4. The summed E-state index contributed by atoms with van der Waals surface area (Å²) in [5.41, 5.74) is 0.502. The molecule has 80 valence electrons. The monoisotopic (exact) mass is 195 g/mol. The molecule has 2 rings (SSSR count). The van der Waals surface area contributed by atoms with Crippen LogP contribution in [-0.4, -0.2) is 11.4 Å². The molecule has 2 atom stereocenters. The fraction of sp³-hybridized carbons (Fsp3) is 0.917. The Kier molecular flexibility index (Phi) is 2.13. The zero-order valence-electron chi connectivity index (χ0n) is 9.52. The molecule has 1 saturated heterocycles. The standard InChI is InChI=1S/C12H21NO/c1-11(2,3)9-6-4-5-7-12(9)8-10(14)13-12/h9H,4-8H2,1-3H3,(H,13,14). The van der Waals surface area contributed by atoms with Crippen LogP contribution in [0.5, 0.6) is 0 Å². The summed E-state index contributed by atoms with van der Waals surface area (Å²) in [6.45, 7) is 6.90. The van der Waals surface area contributed by atoms with Crippen LogP contribution in [0.2, 0.25) is 0 Å². The summed E-state index contributed by atoms with van der Waals surface area (Å²) in [6.07, 6.45) is 5.87. The summed E-state index contributed by atoms with van der Waals surface area (Å²) >= 11 is 0. The van der Waals surface area contributed by atoms with E-state index in [1.807, 2.05) is 0 Å². The van der Waals surface area contributed by atoms with Crippen LogP contribution < -0.4 is 5.32 Å². The third-order valence-electron chi connectivity index (χ3n) is 3.94. The summed E-state index contributed by atoms with van der Waals surface area (Å²) < 4.78 is 0. The first-order valence-corrected chi connectivity index (χ1v) is 5.75. The molecule has 0 radical (unpaired) electrons. The van der Waals surface area contributed by atoms with Gasteiger partial charge in [-0.2, -0.15) is 0 Å². The van der Waals surface area contributed by atoms with E-state index >= 15 is 0 Å². The number of β-lactam (4-membered cyclic amide) rings is 1. The van der Waals surface area contributed by atoms with E-state index < -0.39 is 0 Å². The summed E-state index contributed by atoms with van der Waals surface area (Å²) in [7, 11) is 0. The maximum absolute atomic E-state index is 11.1. The van der Waals surface area contributed by atoms with Gasteiger partial charge in [0.05, 0.1) is 5.54 Å². The lowest BCUT2D eigenvalue weighted by molar-refractivity contribution is -0.140. The van der Waals surface area contributed by atoms with Crippen molar-refractivity contribution in [3.63, 3.8) is 0 Å². The number of rotatable bonds is 0. The highest BCUT2D eigenvalue weighted by atomic mass is 16.2. The Morgan fingerprint density at radius 3 is 2.50 bits per heavy atom. The molecule has 0 aromatic carbocycles. The molecule has 1 aliphatic heterocycles. The predicted octanol–water partition coefficient (Wildman–Crippen LogP) is 2.48. The Balaban J connectivity index is 2.17. The van der Waals surface area contributed by atoms with Crippen molar-refractivity contribution < 1.29 is 4.79 Å². The lowest BCUT2D eigenvalue weighted by Crippen LogP contribution is -2.68. The third kappa shape index (κ3) is 1.45. The molecule has 1 aliphatic carbocycles. The molecule has 0 aromatic rings. The molecule has 14 heavy (non-hydrogen) atoms. The molecule has 0 aromatic heterocycles. The number of carbonyl (C=O) groups excluding carboxylic acids is 1. The molecule has 1 N–H and O–H groups in total. The Morgan fingerprint density at radius 2 is 2.00 bits per heavy atom. The van der Waals surface area contributed by atoms with Gasteiger partial charge in [-0.05, 0) is 24.2 Å². The van der Waals surface area contributed by atoms with Crippen molar-refractivity contribution in [3.05, 3.63) is 0 Å². The van der Waals surface area contributed by atoms with Crippen LogP contribution in [0, 0.1) is 11.3 Å². The van der Waals surface area contributed by atoms with Crippen molar-refractivity contribution in [1.82, 2.24) is 5.32 Å². The third-order valence-corrected chi connectivity index (χ3v) is 3.94. The summed E-state index contributed by atoms with van der Waals surface area (Å²) in [4.78, 5) is 11.1. The lowest BCUT2D eigenvalue weighted by Gasteiger charge is -2.55. The summed E-state index contributed by atoms with van der Waals surface area (Å²) in [5, 5.41) is 3.18. The van der Waals surface area contributed by atoms with Crippen molar-refractivity contribution in [2.24, 2.45) is 11.3 Å². The van der Waals surface area contributed by atoms with E-state index in [-0.39, 0.29) is 11.4 Å². The van der Waals surface area contributed by atoms with E-state index in [0.717, 1.165) is 6.42 Å². The Hall–Kier alpha value is -0.530. The molecule has 2 aliphatic rings. The smallest absolute Gasteiger partial charge is 0.222 e. The van der Waals surface area contributed by atoms with Gasteiger partial charge in [-0.25, -0.2) is 0 Å². The minimum atomic E-state index is 0.174. The van der Waals surface area contributed by atoms with Crippen LogP contribution in [0.4, 0.5) is 0 Å². The second kappa shape index (κ2) is 2.98. The number of nitrogens with one attached hydrogen (secondary N) is 1. The van der Waals surface area contributed by atoms with E-state index in [2.05, 4.69) is 26.1 Å². The van der Waals surface area contributed by atoms with Gasteiger partial charge in [-0.3, -0.25) is 4.79 Å². The largest absolute Gasteiger partial charge is 0.350 e. The van der Waals surface area contributed by atoms with Crippen LogP contribution in [0.15, 0.2) is 0 Å². The van der Waals surface area contributed by atoms with Gasteiger partial charge >= 0.3 is 0 Å². The van der Waals surface area contributed by atoms with Gasteiger partial charge in [0.2, 0.25) is 5.91 Å². The van der Waals surface area contributed by atoms with Crippen LogP contribution in [0.3, 0.4) is 0 Å². The summed E-state index contributed by atoms with van der Waals surface area (Å²) in [6, 6.07) is 0. The average Bonchev–Trinajstić information content (AvgIpc) is 2.00. The van der Waals surface area contributed by atoms with E-state index in [1.54, 1.807) is 0 Å². The molecule has 2 fully saturated rings. The molecule has 1 amide bonds. The zero-order valence-corrected chi connectivity index (χ0v) is 9.52. The Bertz CT molecular complexity index is 244. The van der Waals surface area contributed by atoms with Crippen molar-refractivity contribution in [2.45, 2.75) is 58.4 Å². The SMILES string of the molecule is CC(C)(C)C1CCCCC12CC(=O)N2. The van der Waals surface area contributed by atoms with Crippen LogP contribution in [0.1, 0.15) is 52.9 Å². The van der Waals surface area contributed by atoms with Crippen molar-refractivity contribution in [1.29, 1.82) is 0 Å². The highest BCUT2D eigenvalue weighted by molar-refractivity contribution is 5.85. The molecular weight excluding hydrogens is 174 g/mol. The van der Waals surface area contributed by atoms with Gasteiger partial charge < -0.3 is 5.32 Å². The maximum atomic E-state index is 11.1. The summed E-state index contributed by atoms with van der Waals surface area (Å²) in [5.74, 6) is 0.919. The number of hydrogen-bond donors (Lipinski definition) is 1. The number of hydrogen-bond acceptors (Lipinski definition) is 1. The van der Waals surface area contributed by atoms with Gasteiger partial charge in [0.1, 0.15) is 0 Å². The quantitative estimate of drug-likeness (QED) is 0.591. The minimum absolute atomic E-state index is 0.174. The Morgan fingerprint density at radius 1 is 1.36 bits per heavy atom. The van der Waals surface area contributed by atoms with E-state index in [1.165, 1.54) is 25.7 Å². The molecule has 2 nitrogen and oxygen atoms in total. The first kappa shape index (κ1) is 10.0. The topological polar surface area (TPSA) is 29.1 Å². The fourth-order valence-electron chi connectivity index (χ4n) is 3.41. The van der Waals surface area contributed by atoms with Crippen LogP contribution in [0.25, 0.3) is 0 Å². The second-order valence-electron chi connectivity index (χ2n) is 6.05. The number of carbonyl (C=O) groups is 1. The Labute approximate surface area is 86.5 Å². The van der Waals surface area contributed by atoms with Gasteiger partial charge in [0, 0.05) is 6.42 Å². The van der Waals surface area contributed by atoms with Crippen molar-refractivity contribution in [3.8, 4) is 0 Å². The van der Waals surface area contributed by atoms with Gasteiger partial charge in [0.25, 0.3) is 0 Å².